The van der Waals surface area contributed by atoms with Crippen LogP contribution in [-0.4, -0.2) is 116 Å². The Hall–Kier alpha value is -7.39. The average molecular weight is 996 g/mol. The van der Waals surface area contributed by atoms with Crippen molar-refractivity contribution in [2.24, 2.45) is 5.18 Å². The van der Waals surface area contributed by atoms with Gasteiger partial charge in [0.15, 0.2) is 6.10 Å². The molecular formula is C51H69N3O17. The minimum atomic E-state index is -0.961. The molecule has 1 heterocycles. The largest absolute Gasteiger partial charge is 0.514 e. The van der Waals surface area contributed by atoms with Gasteiger partial charge in [-0.25, -0.2) is 14.4 Å². The van der Waals surface area contributed by atoms with Gasteiger partial charge in [-0.2, -0.15) is 0 Å². The van der Waals surface area contributed by atoms with Crippen molar-refractivity contribution in [3.05, 3.63) is 113 Å². The maximum absolute atomic E-state index is 12.0. The number of nitrogens with one attached hydrogen (secondary N) is 2. The second-order valence-electron chi connectivity index (χ2n) is 13.3. The fourth-order valence-electron chi connectivity index (χ4n) is 6.12. The highest BCUT2D eigenvalue weighted by atomic mass is 16.7. The molecule has 0 unspecified atom stereocenters. The number of ether oxygens (including phenoxy) is 8. The van der Waals surface area contributed by atoms with E-state index in [9.17, 15) is 24.1 Å². The molecule has 20 heteroatoms. The van der Waals surface area contributed by atoms with Crippen molar-refractivity contribution in [2.45, 2.75) is 85.4 Å². The Kier molecular flexibility index (Phi) is 38.5. The van der Waals surface area contributed by atoms with Gasteiger partial charge < -0.3 is 68.0 Å². The quantitative estimate of drug-likeness (QED) is 0.0372. The Morgan fingerprint density at radius 2 is 1.31 bits per heavy atom. The van der Waals surface area contributed by atoms with E-state index in [1.807, 2.05) is 45.0 Å². The summed E-state index contributed by atoms with van der Waals surface area (Å²) in [6.45, 7) is 11.0. The van der Waals surface area contributed by atoms with Gasteiger partial charge in [0.2, 0.25) is 12.7 Å². The Balaban J connectivity index is 0. The first-order chi connectivity index (χ1) is 34.4. The number of esters is 1. The molecule has 3 atom stereocenters. The van der Waals surface area contributed by atoms with Gasteiger partial charge >= 0.3 is 18.2 Å². The zero-order valence-electron chi connectivity index (χ0n) is 42.2. The second kappa shape index (κ2) is 41.6. The zero-order valence-corrected chi connectivity index (χ0v) is 42.2. The van der Waals surface area contributed by atoms with Crippen molar-refractivity contribution in [1.29, 1.82) is 0 Å². The molecule has 4 aromatic carbocycles. The number of methoxy groups -OCH3 is 3. The first-order valence-electron chi connectivity index (χ1n) is 22.1. The highest BCUT2D eigenvalue weighted by molar-refractivity contribution is 5.79. The normalized spacial score (nSPS) is 14.0. The molecule has 1 saturated heterocycles. The van der Waals surface area contributed by atoms with Crippen LogP contribution in [-0.2, 0) is 59.0 Å². The molecule has 2 aliphatic rings. The molecule has 2 amide bonds. The summed E-state index contributed by atoms with van der Waals surface area (Å²) in [4.78, 5) is 83.3. The number of anilines is 1. The van der Waals surface area contributed by atoms with Crippen LogP contribution in [0.5, 0.6) is 11.5 Å². The lowest BCUT2D eigenvalue weighted by Gasteiger charge is -2.33. The number of amides is 2. The number of fused-ring (bicyclic) bond motifs is 3. The van der Waals surface area contributed by atoms with Crippen molar-refractivity contribution < 1.29 is 76.6 Å². The molecule has 3 N–H and O–H groups in total. The summed E-state index contributed by atoms with van der Waals surface area (Å²) in [5.74, 6) is 0.0477. The average Bonchev–Trinajstić information content (AvgIpc) is 3.71. The van der Waals surface area contributed by atoms with Gasteiger partial charge in [-0.1, -0.05) is 68.4 Å². The Morgan fingerprint density at radius 3 is 1.79 bits per heavy atom. The molecule has 0 saturated carbocycles. The lowest BCUT2D eigenvalue weighted by atomic mass is 9.98. The second-order valence-corrected chi connectivity index (χ2v) is 13.3. The van der Waals surface area contributed by atoms with Gasteiger partial charge in [-0.05, 0) is 97.1 Å². The predicted octanol–water partition coefficient (Wildman–Crippen LogP) is 8.50. The van der Waals surface area contributed by atoms with Crippen LogP contribution in [0, 0.1) is 4.91 Å². The number of nitrogens with zero attached hydrogens (tertiary/aromatic N) is 1. The zero-order chi connectivity index (χ0) is 54.0. The third kappa shape index (κ3) is 25.2. The third-order valence-corrected chi connectivity index (χ3v) is 8.73. The molecule has 0 radical (unpaired) electrons. The number of aldehydes is 3. The Labute approximate surface area is 415 Å². The monoisotopic (exact) mass is 995 g/mol. The number of hydrogen-bond acceptors (Lipinski definition) is 18. The molecule has 1 aliphatic heterocycles. The standard InChI is InChI=1S/C23H24N2O10.C17H17NO2.C2H6O.3C2H4O.C2H6.CH4O/c1-30-17-10-20(22(27)31-2)35-21(11-17)34-19-8-3-14(9-18(19)24-13-26)12-32-23(28)33-16-6-4-15(25-29)5-7-16;1-2-18-17(19)20-11-16-14-9-5-3-7-12(14)13-8-4-6-10-15(13)16;1-3-2;3*1-2-3;2*1-2/h3-9,13,17,20-21H,10-12H2,1-2H3,(H,24,26);3-10,16H,2,11H2,1H3,(H,18,19);1-2H3;3*2H,1H3;1-2H3;2H,1H3/t17-,20-,21+;;;;;;;/m0......./s1. The summed E-state index contributed by atoms with van der Waals surface area (Å²) in [5.41, 5.74) is 5.98. The minimum absolute atomic E-state index is 0.130. The van der Waals surface area contributed by atoms with E-state index in [2.05, 4.69) is 44.8 Å². The topological polar surface area (TPSA) is 267 Å². The number of nitroso groups, excluding NO2 is 1. The molecule has 0 aromatic heterocycles. The highest BCUT2D eigenvalue weighted by Gasteiger charge is 2.36. The molecule has 1 aliphatic carbocycles. The van der Waals surface area contributed by atoms with Crippen LogP contribution in [0.4, 0.5) is 21.0 Å². The Bertz CT molecular complexity index is 2080. The van der Waals surface area contributed by atoms with Crippen molar-refractivity contribution in [1.82, 2.24) is 5.32 Å². The fourth-order valence-corrected chi connectivity index (χ4v) is 6.12. The molecule has 0 bridgehead atoms. The van der Waals surface area contributed by atoms with Crippen LogP contribution in [0.1, 0.15) is 77.0 Å². The summed E-state index contributed by atoms with van der Waals surface area (Å²) < 4.78 is 41.4. The van der Waals surface area contributed by atoms with E-state index in [-0.39, 0.29) is 41.9 Å². The first-order valence-corrected chi connectivity index (χ1v) is 22.1. The van der Waals surface area contributed by atoms with E-state index in [0.717, 1.165) is 26.0 Å². The van der Waals surface area contributed by atoms with Gasteiger partial charge in [-0.3, -0.25) is 4.79 Å². The predicted molar refractivity (Wildman–Crippen MR) is 267 cm³/mol. The molecule has 390 valence electrons. The van der Waals surface area contributed by atoms with Crippen molar-refractivity contribution in [3.63, 3.8) is 0 Å². The molecule has 1 fully saturated rings. The summed E-state index contributed by atoms with van der Waals surface area (Å²) in [5, 5.41) is 14.9. The number of rotatable bonds is 13. The van der Waals surface area contributed by atoms with Gasteiger partial charge in [0.1, 0.15) is 49.3 Å². The first kappa shape index (κ1) is 65.7. The van der Waals surface area contributed by atoms with Gasteiger partial charge in [0.05, 0.1) is 18.9 Å². The molecule has 4 aromatic rings. The van der Waals surface area contributed by atoms with E-state index in [1.165, 1.54) is 81.5 Å². The van der Waals surface area contributed by atoms with E-state index < -0.39 is 24.5 Å². The summed E-state index contributed by atoms with van der Waals surface area (Å²) in [6.07, 6.45) is 0.114. The van der Waals surface area contributed by atoms with Crippen molar-refractivity contribution in [3.8, 4) is 22.6 Å². The molecule has 20 nitrogen and oxygen atoms in total. The van der Waals surface area contributed by atoms with Crippen LogP contribution in [0.2, 0.25) is 0 Å². The maximum Gasteiger partial charge on any atom is 0.514 e. The van der Waals surface area contributed by atoms with E-state index >= 15 is 0 Å². The van der Waals surface area contributed by atoms with Crippen LogP contribution in [0.15, 0.2) is 96.2 Å². The van der Waals surface area contributed by atoms with E-state index in [1.54, 1.807) is 32.4 Å². The van der Waals surface area contributed by atoms with Gasteiger partial charge in [0.25, 0.3) is 0 Å². The number of carbonyl (C=O) groups excluding carboxylic acids is 7. The highest BCUT2D eigenvalue weighted by Crippen LogP contribution is 2.44. The number of carbonyl (C=O) groups is 7. The lowest BCUT2D eigenvalue weighted by molar-refractivity contribution is -0.200. The molecule has 71 heavy (non-hydrogen) atoms. The van der Waals surface area contributed by atoms with Crippen molar-refractivity contribution >= 4 is 54.9 Å². The number of aliphatic hydroxyl groups is 1. The maximum atomic E-state index is 12.0. The third-order valence-electron chi connectivity index (χ3n) is 8.73. The van der Waals surface area contributed by atoms with Crippen LogP contribution in [0.25, 0.3) is 11.1 Å². The SMILES string of the molecule is CC.CC=O.CC=O.CC=O.CCNC(=O)OCC1c2ccccc2-c2ccccc21.CO.COC.COC(=O)[C@@H]1C[C@H](OC)C[C@H](Oc2ccc(COC(=O)Oc3ccc(N=O)cc3)cc2NC=O)O1. The molecular weight excluding hydrogens is 927 g/mol. The van der Waals surface area contributed by atoms with Gasteiger partial charge in [0, 0.05) is 53.7 Å². The van der Waals surface area contributed by atoms with Crippen LogP contribution < -0.4 is 20.1 Å². The molecule has 0 spiro atoms. The molecule has 6 rings (SSSR count). The van der Waals surface area contributed by atoms with Crippen LogP contribution in [0.3, 0.4) is 0 Å². The van der Waals surface area contributed by atoms with Crippen molar-refractivity contribution in [2.75, 3.05) is 54.0 Å². The minimum Gasteiger partial charge on any atom is -0.467 e. The van der Waals surface area contributed by atoms with E-state index in [4.69, 9.17) is 52.6 Å². The number of alkyl carbamates (subject to hydrolysis) is 1. The lowest BCUT2D eigenvalue weighted by Crippen LogP contribution is -2.43. The number of benzene rings is 4. The summed E-state index contributed by atoms with van der Waals surface area (Å²) in [6, 6.07) is 27.0. The van der Waals surface area contributed by atoms with Gasteiger partial charge in [-0.15, -0.1) is 4.91 Å². The Morgan fingerprint density at radius 1 is 0.775 bits per heavy atom. The fraction of sp³-hybridized carbons (Fsp3) is 0.392. The number of aliphatic hydroxyl groups excluding tert-OH is 1. The van der Waals surface area contributed by atoms with Crippen LogP contribution >= 0.6 is 0 Å². The van der Waals surface area contributed by atoms with E-state index in [0.29, 0.717) is 43.7 Å². The summed E-state index contributed by atoms with van der Waals surface area (Å²) >= 11 is 0. The smallest absolute Gasteiger partial charge is 0.467 e. The summed E-state index contributed by atoms with van der Waals surface area (Å²) in [7, 11) is 7.04. The number of hydrogen-bond donors (Lipinski definition) is 3.